The quantitative estimate of drug-likeness (QED) is 0.0940. The van der Waals surface area contributed by atoms with Crippen LogP contribution in [0, 0.1) is 0 Å². The van der Waals surface area contributed by atoms with E-state index in [4.69, 9.17) is 0 Å². The zero-order valence-corrected chi connectivity index (χ0v) is 39.2. The summed E-state index contributed by atoms with van der Waals surface area (Å²) in [6, 6.07) is 30.0. The highest BCUT2D eigenvalue weighted by Crippen LogP contribution is 2.61. The van der Waals surface area contributed by atoms with E-state index in [9.17, 15) is 39.5 Å². The van der Waals surface area contributed by atoms with E-state index in [-0.39, 0.29) is 61.8 Å². The van der Waals surface area contributed by atoms with Crippen LogP contribution in [0.5, 0.6) is 0 Å². The lowest BCUT2D eigenvalue weighted by molar-refractivity contribution is -0.144. The molecule has 0 unspecified atom stereocenters. The maximum Gasteiger partial charge on any atom is 0.417 e. The van der Waals surface area contributed by atoms with Gasteiger partial charge in [-0.2, -0.15) is 52.7 Å². The van der Waals surface area contributed by atoms with Gasteiger partial charge in [0, 0.05) is 5.39 Å². The molecule has 0 radical (unpaired) electrons. The normalized spacial score (nSPS) is 13.9. The van der Waals surface area contributed by atoms with Gasteiger partial charge >= 0.3 is 24.7 Å². The highest BCUT2D eigenvalue weighted by molar-refractivity contribution is 6.51. The molecule has 0 aromatic heterocycles. The van der Waals surface area contributed by atoms with Gasteiger partial charge in [-0.05, 0) is 189 Å². The van der Waals surface area contributed by atoms with Gasteiger partial charge in [0.05, 0.1) is 22.3 Å². The Kier molecular flexibility index (Phi) is 8.62. The molecule has 74 heavy (non-hydrogen) atoms. The molecule has 0 atom stereocenters. The highest BCUT2D eigenvalue weighted by Gasteiger charge is 2.42. The fourth-order valence-electron chi connectivity index (χ4n) is 13.4. The Balaban J connectivity index is 1.20. The molecule has 366 valence electrons. The number of benzene rings is 11. The summed E-state index contributed by atoms with van der Waals surface area (Å²) in [6.45, 7) is 8.77. The maximum absolute atomic E-state index is 15.2. The first kappa shape index (κ1) is 45.0. The van der Waals surface area contributed by atoms with Crippen LogP contribution < -0.4 is 0 Å². The molecular formula is C62H34F12. The lowest BCUT2D eigenvalue weighted by Gasteiger charge is -2.23. The zero-order chi connectivity index (χ0) is 51.8. The van der Waals surface area contributed by atoms with Crippen molar-refractivity contribution in [3.05, 3.63) is 155 Å². The molecule has 0 saturated heterocycles. The van der Waals surface area contributed by atoms with Gasteiger partial charge in [0.15, 0.2) is 0 Å². The Bertz CT molecular complexity index is 4500. The number of halogens is 12. The molecule has 12 heteroatoms. The van der Waals surface area contributed by atoms with E-state index >= 15 is 13.2 Å². The highest BCUT2D eigenvalue weighted by atomic mass is 19.4. The Morgan fingerprint density at radius 3 is 1.18 bits per heavy atom. The lowest BCUT2D eigenvalue weighted by Crippen LogP contribution is -2.11. The molecule has 0 N–H and O–H groups in total. The number of fused-ring (bicyclic) bond motifs is 13. The van der Waals surface area contributed by atoms with Crippen molar-refractivity contribution in [2.75, 3.05) is 0 Å². The van der Waals surface area contributed by atoms with E-state index < -0.39 is 63.3 Å². The topological polar surface area (TPSA) is 0 Å². The third-order valence-corrected chi connectivity index (χ3v) is 15.9. The van der Waals surface area contributed by atoms with E-state index in [0.29, 0.717) is 39.7 Å². The number of hydrogen-bond acceptors (Lipinski definition) is 0. The molecule has 0 saturated carbocycles. The summed E-state index contributed by atoms with van der Waals surface area (Å²) in [4.78, 5) is 0. The van der Waals surface area contributed by atoms with E-state index in [1.54, 1.807) is 12.1 Å². The SMILES string of the molecule is CC(C)c1c2c(c(C(C)C)c3ccccc13)-c1ccc3c4ccc5c6c(ccc(c7ccc-2c1c73)c46)c1c(-c2cc(C(F)(F)F)cc(C(F)(F)F)c2)c2cccc3c4c(C(F)(F)F)cc(C(F)(F)F)cc4c(c23)c51. The van der Waals surface area contributed by atoms with Crippen LogP contribution in [0.15, 0.2) is 121 Å². The summed E-state index contributed by atoms with van der Waals surface area (Å²) in [7, 11) is 0. The fraction of sp³-hybridized carbons (Fsp3) is 0.161. The van der Waals surface area contributed by atoms with Crippen molar-refractivity contribution in [2.24, 2.45) is 0 Å². The number of hydrogen-bond donors (Lipinski definition) is 0. The summed E-state index contributed by atoms with van der Waals surface area (Å²) in [5, 5.41) is 8.61. The van der Waals surface area contributed by atoms with Crippen molar-refractivity contribution >= 4 is 108 Å². The van der Waals surface area contributed by atoms with E-state index in [1.165, 1.54) is 51.2 Å². The zero-order valence-electron chi connectivity index (χ0n) is 39.2. The molecule has 0 amide bonds. The van der Waals surface area contributed by atoms with Crippen molar-refractivity contribution in [3.63, 3.8) is 0 Å². The molecule has 0 spiro atoms. The summed E-state index contributed by atoms with van der Waals surface area (Å²) in [5.74, 6) is 0.310. The van der Waals surface area contributed by atoms with Crippen LogP contribution in [0.25, 0.3) is 141 Å². The molecular weight excluding hydrogens is 973 g/mol. The molecule has 0 heterocycles. The third-order valence-electron chi connectivity index (χ3n) is 15.9. The summed E-state index contributed by atoms with van der Waals surface area (Å²) in [5.41, 5.74) is -0.0209. The molecule has 14 rings (SSSR count). The van der Waals surface area contributed by atoms with Crippen molar-refractivity contribution in [2.45, 2.75) is 64.2 Å². The van der Waals surface area contributed by atoms with Gasteiger partial charge in [0.1, 0.15) is 0 Å². The van der Waals surface area contributed by atoms with Gasteiger partial charge in [0.25, 0.3) is 0 Å². The predicted molar refractivity (Wildman–Crippen MR) is 273 cm³/mol. The van der Waals surface area contributed by atoms with Crippen LogP contribution in [0.3, 0.4) is 0 Å². The van der Waals surface area contributed by atoms with Gasteiger partial charge in [-0.1, -0.05) is 119 Å². The first-order valence-corrected chi connectivity index (χ1v) is 24.0. The van der Waals surface area contributed by atoms with Gasteiger partial charge < -0.3 is 0 Å². The molecule has 0 nitrogen and oxygen atoms in total. The van der Waals surface area contributed by atoms with Gasteiger partial charge in [-0.25, -0.2) is 0 Å². The number of alkyl halides is 12. The largest absolute Gasteiger partial charge is 0.417 e. The summed E-state index contributed by atoms with van der Waals surface area (Å²) >= 11 is 0. The standard InChI is InChI=1S/C62H34F12/c1-25(2)45-31-8-5-6-9-32(31)46(26(3)4)55-40-17-13-34-36-15-19-42-52-41(18-14-35(50(36)52)33-12-16-39(54(45)55)51(40)49(33)34)56-47(27-20-28(59(63,64)65)22-29(21-27)60(66,67)68)37-10-7-11-38-48-43(58(53(37)38)57(42)56)23-30(61(69,70)71)24-44(48)62(72,73)74/h5-26H,1-4H3. The van der Waals surface area contributed by atoms with Crippen LogP contribution in [0.2, 0.25) is 0 Å². The van der Waals surface area contributed by atoms with E-state index in [1.807, 2.05) is 12.1 Å². The second kappa shape index (κ2) is 14.2. The van der Waals surface area contributed by atoms with Crippen LogP contribution in [-0.4, -0.2) is 0 Å². The Morgan fingerprint density at radius 1 is 0.284 bits per heavy atom. The second-order valence-corrected chi connectivity index (χ2v) is 20.5. The third kappa shape index (κ3) is 5.68. The molecule has 1 aliphatic rings. The van der Waals surface area contributed by atoms with Crippen LogP contribution >= 0.6 is 0 Å². The fourth-order valence-corrected chi connectivity index (χ4v) is 13.4. The van der Waals surface area contributed by atoms with Gasteiger partial charge in [0.2, 0.25) is 0 Å². The van der Waals surface area contributed by atoms with Crippen molar-refractivity contribution in [3.8, 4) is 33.4 Å². The van der Waals surface area contributed by atoms with Crippen molar-refractivity contribution in [1.29, 1.82) is 0 Å². The Labute approximate surface area is 411 Å². The average molecular weight is 1010 g/mol. The maximum atomic E-state index is 15.2. The monoisotopic (exact) mass is 1010 g/mol. The molecule has 13 aromatic rings. The van der Waals surface area contributed by atoms with Crippen LogP contribution in [-0.2, 0) is 24.7 Å². The van der Waals surface area contributed by atoms with Crippen molar-refractivity contribution < 1.29 is 52.7 Å². The molecule has 0 fully saturated rings. The molecule has 13 aromatic carbocycles. The van der Waals surface area contributed by atoms with Gasteiger partial charge in [-0.15, -0.1) is 0 Å². The minimum absolute atomic E-state index is 0.00794. The first-order chi connectivity index (χ1) is 34.9. The van der Waals surface area contributed by atoms with Crippen LogP contribution in [0.4, 0.5) is 52.7 Å². The average Bonchev–Trinajstić information content (AvgIpc) is 4.05. The summed E-state index contributed by atoms with van der Waals surface area (Å²) in [6.07, 6.45) is -21.1. The summed E-state index contributed by atoms with van der Waals surface area (Å²) < 4.78 is 178. The molecule has 0 bridgehead atoms. The van der Waals surface area contributed by atoms with Gasteiger partial charge in [-0.3, -0.25) is 0 Å². The second-order valence-electron chi connectivity index (χ2n) is 20.5. The smallest absolute Gasteiger partial charge is 0.166 e. The Morgan fingerprint density at radius 2 is 0.676 bits per heavy atom. The number of rotatable bonds is 3. The minimum atomic E-state index is -5.31. The van der Waals surface area contributed by atoms with Crippen molar-refractivity contribution in [1.82, 2.24) is 0 Å². The van der Waals surface area contributed by atoms with Crippen LogP contribution in [0.1, 0.15) is 72.9 Å². The minimum Gasteiger partial charge on any atom is -0.166 e. The van der Waals surface area contributed by atoms with E-state index in [2.05, 4.69) is 76.2 Å². The predicted octanol–water partition coefficient (Wildman–Crippen LogP) is 21.2. The molecule has 0 aliphatic heterocycles. The lowest BCUT2D eigenvalue weighted by atomic mass is 9.80. The van der Waals surface area contributed by atoms with E-state index in [0.717, 1.165) is 43.4 Å². The Hall–Kier alpha value is -7.60. The first-order valence-electron chi connectivity index (χ1n) is 24.0. The molecule has 1 aliphatic carbocycles.